The van der Waals surface area contributed by atoms with Gasteiger partial charge < -0.3 is 5.11 Å². The first-order chi connectivity index (χ1) is 10.3. The molecule has 0 aromatic heterocycles. The van der Waals surface area contributed by atoms with E-state index in [9.17, 15) is 5.11 Å². The number of fused-ring (bicyclic) bond motifs is 5. The normalized spacial score (nSPS) is 18.8. The summed E-state index contributed by atoms with van der Waals surface area (Å²) in [6, 6.07) is 20.3. The van der Waals surface area contributed by atoms with Gasteiger partial charge in [-0.3, -0.25) is 0 Å². The summed E-state index contributed by atoms with van der Waals surface area (Å²) in [7, 11) is 0. The second-order valence-electron chi connectivity index (χ2n) is 5.34. The third-order valence-corrected chi connectivity index (χ3v) is 4.20. The Morgan fingerprint density at radius 1 is 0.857 bits per heavy atom. The summed E-state index contributed by atoms with van der Waals surface area (Å²) in [5, 5.41) is 13.5. The van der Waals surface area contributed by atoms with Gasteiger partial charge in [0.1, 0.15) is 0 Å². The SMILES string of the molecule is CC#CC1(O)c2ccccc2-c2ccc3ccccc3c21. The number of hydrogen-bond donors (Lipinski definition) is 1. The third kappa shape index (κ3) is 1.51. The van der Waals surface area contributed by atoms with Gasteiger partial charge >= 0.3 is 0 Å². The van der Waals surface area contributed by atoms with Crippen LogP contribution in [0.3, 0.4) is 0 Å². The Morgan fingerprint density at radius 3 is 2.48 bits per heavy atom. The van der Waals surface area contributed by atoms with Gasteiger partial charge in [-0.25, -0.2) is 0 Å². The van der Waals surface area contributed by atoms with Crippen LogP contribution in [0.4, 0.5) is 0 Å². The molecule has 0 fully saturated rings. The lowest BCUT2D eigenvalue weighted by atomic mass is 9.88. The minimum Gasteiger partial charge on any atom is -0.369 e. The highest BCUT2D eigenvalue weighted by molar-refractivity contribution is 5.97. The van der Waals surface area contributed by atoms with Crippen LogP contribution in [-0.2, 0) is 5.60 Å². The Bertz CT molecular complexity index is 927. The molecule has 0 spiro atoms. The molecule has 0 saturated heterocycles. The molecule has 1 aliphatic carbocycles. The summed E-state index contributed by atoms with van der Waals surface area (Å²) in [4.78, 5) is 0. The smallest absolute Gasteiger partial charge is 0.178 e. The van der Waals surface area contributed by atoms with E-state index in [0.29, 0.717) is 0 Å². The second-order valence-corrected chi connectivity index (χ2v) is 5.34. The molecule has 3 aromatic carbocycles. The van der Waals surface area contributed by atoms with Crippen molar-refractivity contribution in [2.75, 3.05) is 0 Å². The quantitative estimate of drug-likeness (QED) is 0.610. The second kappa shape index (κ2) is 4.22. The van der Waals surface area contributed by atoms with Crippen molar-refractivity contribution in [3.8, 4) is 23.0 Å². The topological polar surface area (TPSA) is 20.2 Å². The fourth-order valence-corrected chi connectivity index (χ4v) is 3.36. The predicted octanol–water partition coefficient (Wildman–Crippen LogP) is 4.08. The number of rotatable bonds is 0. The lowest BCUT2D eigenvalue weighted by Crippen LogP contribution is -2.22. The fourth-order valence-electron chi connectivity index (χ4n) is 3.36. The molecule has 0 heterocycles. The predicted molar refractivity (Wildman–Crippen MR) is 85.8 cm³/mol. The Labute approximate surface area is 123 Å². The van der Waals surface area contributed by atoms with Crippen molar-refractivity contribution in [1.29, 1.82) is 0 Å². The first-order valence-electron chi connectivity index (χ1n) is 7.04. The molecule has 100 valence electrons. The molecule has 0 radical (unpaired) electrons. The van der Waals surface area contributed by atoms with Crippen molar-refractivity contribution in [3.05, 3.63) is 71.8 Å². The van der Waals surface area contributed by atoms with Crippen molar-refractivity contribution < 1.29 is 5.11 Å². The third-order valence-electron chi connectivity index (χ3n) is 4.20. The average Bonchev–Trinajstić information content (AvgIpc) is 2.78. The number of hydrogen-bond acceptors (Lipinski definition) is 1. The molecule has 1 atom stereocenters. The zero-order chi connectivity index (χ0) is 14.4. The van der Waals surface area contributed by atoms with Crippen LogP contribution in [0.1, 0.15) is 18.1 Å². The molecule has 1 aliphatic rings. The minimum absolute atomic E-state index is 0.880. The Kier molecular flexibility index (Phi) is 2.45. The molecule has 0 amide bonds. The van der Waals surface area contributed by atoms with E-state index >= 15 is 0 Å². The standard InChI is InChI=1S/C20H14O/c1-2-13-20(21)18-10-6-5-9-16(18)17-12-11-14-7-3-4-8-15(14)19(17)20/h3-12,21H,1H3. The van der Waals surface area contributed by atoms with E-state index in [-0.39, 0.29) is 0 Å². The van der Waals surface area contributed by atoms with Crippen molar-refractivity contribution in [2.45, 2.75) is 12.5 Å². The maximum Gasteiger partial charge on any atom is 0.178 e. The minimum atomic E-state index is -1.22. The van der Waals surface area contributed by atoms with Gasteiger partial charge in [-0.1, -0.05) is 66.6 Å². The summed E-state index contributed by atoms with van der Waals surface area (Å²) in [5.74, 6) is 5.93. The highest BCUT2D eigenvalue weighted by Crippen LogP contribution is 2.49. The zero-order valence-electron chi connectivity index (χ0n) is 11.7. The van der Waals surface area contributed by atoms with Gasteiger partial charge in [-0.2, -0.15) is 0 Å². The van der Waals surface area contributed by atoms with Crippen LogP contribution >= 0.6 is 0 Å². The number of benzene rings is 3. The molecule has 4 rings (SSSR count). The van der Waals surface area contributed by atoms with Gasteiger partial charge in [0, 0.05) is 11.1 Å². The van der Waals surface area contributed by atoms with Crippen LogP contribution in [0, 0.1) is 11.8 Å². The summed E-state index contributed by atoms with van der Waals surface area (Å²) < 4.78 is 0. The van der Waals surface area contributed by atoms with Crippen molar-refractivity contribution in [2.24, 2.45) is 0 Å². The first-order valence-corrected chi connectivity index (χ1v) is 7.04. The lowest BCUT2D eigenvalue weighted by molar-refractivity contribution is 0.152. The molecule has 0 saturated carbocycles. The number of aliphatic hydroxyl groups is 1. The van der Waals surface area contributed by atoms with Gasteiger partial charge in [0.2, 0.25) is 0 Å². The maximum absolute atomic E-state index is 11.3. The van der Waals surface area contributed by atoms with Crippen molar-refractivity contribution in [3.63, 3.8) is 0 Å². The molecular formula is C20H14O. The highest BCUT2D eigenvalue weighted by atomic mass is 16.3. The van der Waals surface area contributed by atoms with Gasteiger partial charge in [0.25, 0.3) is 0 Å². The molecule has 1 unspecified atom stereocenters. The molecule has 1 heteroatoms. The van der Waals surface area contributed by atoms with Crippen LogP contribution in [0.15, 0.2) is 60.7 Å². The monoisotopic (exact) mass is 270 g/mol. The van der Waals surface area contributed by atoms with E-state index in [4.69, 9.17) is 0 Å². The van der Waals surface area contributed by atoms with E-state index in [1.165, 1.54) is 0 Å². The fraction of sp³-hybridized carbons (Fsp3) is 0.100. The molecule has 3 aromatic rings. The van der Waals surface area contributed by atoms with Crippen LogP contribution in [0.5, 0.6) is 0 Å². The maximum atomic E-state index is 11.3. The Morgan fingerprint density at radius 2 is 1.62 bits per heavy atom. The largest absolute Gasteiger partial charge is 0.369 e. The molecule has 0 bridgehead atoms. The van der Waals surface area contributed by atoms with Crippen LogP contribution < -0.4 is 0 Å². The van der Waals surface area contributed by atoms with Crippen LogP contribution in [0.25, 0.3) is 21.9 Å². The molecule has 21 heavy (non-hydrogen) atoms. The lowest BCUT2D eigenvalue weighted by Gasteiger charge is -2.20. The van der Waals surface area contributed by atoms with Gasteiger partial charge in [-0.05, 0) is 28.8 Å². The Hall–Kier alpha value is -2.56. The highest BCUT2D eigenvalue weighted by Gasteiger charge is 2.41. The van der Waals surface area contributed by atoms with Crippen molar-refractivity contribution in [1.82, 2.24) is 0 Å². The zero-order valence-corrected chi connectivity index (χ0v) is 11.7. The Balaban J connectivity index is 2.21. The first kappa shape index (κ1) is 12.2. The van der Waals surface area contributed by atoms with Crippen LogP contribution in [0.2, 0.25) is 0 Å². The molecule has 1 N–H and O–H groups in total. The van der Waals surface area contributed by atoms with Gasteiger partial charge in [0.15, 0.2) is 5.60 Å². The van der Waals surface area contributed by atoms with Crippen LogP contribution in [-0.4, -0.2) is 5.11 Å². The summed E-state index contributed by atoms with van der Waals surface area (Å²) in [6.45, 7) is 1.77. The van der Waals surface area contributed by atoms with Gasteiger partial charge in [-0.15, -0.1) is 5.92 Å². The summed E-state index contributed by atoms with van der Waals surface area (Å²) >= 11 is 0. The van der Waals surface area contributed by atoms with E-state index in [1.807, 2.05) is 30.3 Å². The molecule has 0 aliphatic heterocycles. The summed E-state index contributed by atoms with van der Waals surface area (Å²) in [5.41, 5.74) is 2.72. The van der Waals surface area contributed by atoms with Gasteiger partial charge in [0.05, 0.1) is 0 Å². The van der Waals surface area contributed by atoms with E-state index in [2.05, 4.69) is 42.2 Å². The molecular weight excluding hydrogens is 256 g/mol. The average molecular weight is 270 g/mol. The summed E-state index contributed by atoms with van der Waals surface area (Å²) in [6.07, 6.45) is 0. The van der Waals surface area contributed by atoms with E-state index < -0.39 is 5.60 Å². The van der Waals surface area contributed by atoms with E-state index in [0.717, 1.165) is 33.0 Å². The van der Waals surface area contributed by atoms with E-state index in [1.54, 1.807) is 6.92 Å². The molecule has 1 nitrogen and oxygen atoms in total. The van der Waals surface area contributed by atoms with Crippen molar-refractivity contribution >= 4 is 10.8 Å².